The van der Waals surface area contributed by atoms with Crippen molar-refractivity contribution in [2.45, 2.75) is 64.3 Å². The molecule has 4 aliphatic rings. The van der Waals surface area contributed by atoms with Gasteiger partial charge in [-0.15, -0.1) is 0 Å². The normalized spacial score (nSPS) is 22.9. The molecule has 3 saturated heterocycles. The zero-order valence-electron chi connectivity index (χ0n) is 23.7. The number of alkyl halides is 2. The van der Waals surface area contributed by atoms with Gasteiger partial charge in [-0.25, -0.2) is 13.8 Å². The highest BCUT2D eigenvalue weighted by molar-refractivity contribution is 5.87. The molecule has 9 nitrogen and oxygen atoms in total. The summed E-state index contributed by atoms with van der Waals surface area (Å²) in [5.41, 5.74) is 3.11. The van der Waals surface area contributed by atoms with Gasteiger partial charge in [0.15, 0.2) is 0 Å². The Morgan fingerprint density at radius 1 is 1.20 bits per heavy atom. The van der Waals surface area contributed by atoms with E-state index in [9.17, 15) is 13.6 Å². The van der Waals surface area contributed by atoms with Crippen molar-refractivity contribution in [2.24, 2.45) is 0 Å². The molecule has 0 saturated carbocycles. The zero-order valence-corrected chi connectivity index (χ0v) is 23.7. The largest absolute Gasteiger partial charge is 0.368 e. The first kappa shape index (κ1) is 27.1. The van der Waals surface area contributed by atoms with Crippen LogP contribution in [0.25, 0.3) is 0 Å². The first-order valence-corrected chi connectivity index (χ1v) is 14.4. The van der Waals surface area contributed by atoms with Gasteiger partial charge in [0.2, 0.25) is 5.91 Å². The molecule has 40 heavy (non-hydrogen) atoms. The SMILES string of the molecule is C=CC(=O)N1CCN(C2CN(c3cc(N4CC5(C4)O[C@@H](C)Cn4ncc(C)c45)nc(C(F)F)c3CCC)C2)CC1. The molecule has 2 aromatic rings. The van der Waals surface area contributed by atoms with Gasteiger partial charge in [0, 0.05) is 62.6 Å². The number of carbonyl (C=O) groups excluding carboxylic acids is 1. The summed E-state index contributed by atoms with van der Waals surface area (Å²) in [6, 6.07) is 2.35. The number of amides is 1. The molecule has 0 radical (unpaired) electrons. The number of fused-ring (bicyclic) bond motifs is 2. The molecule has 6 rings (SSSR count). The number of hydrogen-bond donors (Lipinski definition) is 0. The minimum atomic E-state index is -2.64. The molecule has 11 heteroatoms. The van der Waals surface area contributed by atoms with Gasteiger partial charge in [-0.3, -0.25) is 14.4 Å². The van der Waals surface area contributed by atoms with E-state index in [4.69, 9.17) is 4.74 Å². The monoisotopic (exact) mass is 555 g/mol. The molecular weight excluding hydrogens is 516 g/mol. The maximum atomic E-state index is 14.4. The molecule has 6 heterocycles. The first-order valence-electron chi connectivity index (χ1n) is 14.4. The molecule has 0 N–H and O–H groups in total. The average molecular weight is 556 g/mol. The summed E-state index contributed by atoms with van der Waals surface area (Å²) >= 11 is 0. The number of hydrogen-bond acceptors (Lipinski definition) is 7. The number of carbonyl (C=O) groups is 1. The fourth-order valence-corrected chi connectivity index (χ4v) is 6.90. The Morgan fingerprint density at radius 3 is 2.58 bits per heavy atom. The quantitative estimate of drug-likeness (QED) is 0.487. The fraction of sp³-hybridized carbons (Fsp3) is 0.621. The van der Waals surface area contributed by atoms with Crippen LogP contribution >= 0.6 is 0 Å². The zero-order chi connectivity index (χ0) is 28.2. The third kappa shape index (κ3) is 4.56. The predicted molar refractivity (Wildman–Crippen MR) is 149 cm³/mol. The van der Waals surface area contributed by atoms with Gasteiger partial charge in [-0.2, -0.15) is 5.10 Å². The standard InChI is InChI=1S/C29H39F2N7O2/c1-5-7-22-23(36-15-21(16-36)34-8-10-35(11-9-34)25(39)6-2)12-24(33-26(22)28(30)31)37-17-29(18-37)27-19(3)13-32-38(27)14-20(4)40-29/h6,12-13,20-21,28H,2,5,7-11,14-18H2,1,3-4H3/t20-/m0/s1. The van der Waals surface area contributed by atoms with E-state index in [2.05, 4.69) is 31.4 Å². The van der Waals surface area contributed by atoms with Crippen LogP contribution < -0.4 is 9.80 Å². The van der Waals surface area contributed by atoms with Crippen molar-refractivity contribution in [1.82, 2.24) is 24.6 Å². The lowest BCUT2D eigenvalue weighted by Crippen LogP contribution is -2.65. The van der Waals surface area contributed by atoms with E-state index in [0.29, 0.717) is 56.6 Å². The van der Waals surface area contributed by atoms with Crippen molar-refractivity contribution in [3.63, 3.8) is 0 Å². The summed E-state index contributed by atoms with van der Waals surface area (Å²) in [5.74, 6) is 0.560. The Kier molecular flexibility index (Phi) is 7.06. The molecule has 3 fully saturated rings. The van der Waals surface area contributed by atoms with Crippen molar-refractivity contribution in [2.75, 3.05) is 62.2 Å². The van der Waals surface area contributed by atoms with E-state index in [0.717, 1.165) is 49.5 Å². The number of nitrogens with zero attached hydrogens (tertiary/aromatic N) is 7. The highest BCUT2D eigenvalue weighted by atomic mass is 19.3. The highest BCUT2D eigenvalue weighted by Gasteiger charge is 2.52. The van der Waals surface area contributed by atoms with Crippen LogP contribution in [-0.2, 0) is 28.1 Å². The average Bonchev–Trinajstić information content (AvgIpc) is 3.27. The fourth-order valence-electron chi connectivity index (χ4n) is 6.90. The minimum absolute atomic E-state index is 0.0239. The number of aryl methyl sites for hydroxylation is 1. The molecule has 4 aliphatic heterocycles. The summed E-state index contributed by atoms with van der Waals surface area (Å²) in [6.45, 7) is 16.1. The van der Waals surface area contributed by atoms with E-state index >= 15 is 0 Å². The lowest BCUT2D eigenvalue weighted by atomic mass is 9.86. The summed E-state index contributed by atoms with van der Waals surface area (Å²) in [7, 11) is 0. The lowest BCUT2D eigenvalue weighted by Gasteiger charge is -2.54. The topological polar surface area (TPSA) is 70.0 Å². The van der Waals surface area contributed by atoms with Crippen molar-refractivity contribution >= 4 is 17.4 Å². The van der Waals surface area contributed by atoms with E-state index < -0.39 is 12.0 Å². The summed E-state index contributed by atoms with van der Waals surface area (Å²) < 4.78 is 37.3. The Hall–Kier alpha value is -3.05. The molecule has 1 amide bonds. The molecule has 2 aromatic heterocycles. The van der Waals surface area contributed by atoms with Gasteiger partial charge in [0.05, 0.1) is 37.6 Å². The molecule has 0 unspecified atom stereocenters. The van der Waals surface area contributed by atoms with Crippen LogP contribution in [0.3, 0.4) is 0 Å². The number of aromatic nitrogens is 3. The Labute approximate surface area is 234 Å². The highest BCUT2D eigenvalue weighted by Crippen LogP contribution is 2.45. The number of piperazine rings is 1. The maximum absolute atomic E-state index is 14.4. The van der Waals surface area contributed by atoms with Crippen molar-refractivity contribution in [1.29, 1.82) is 0 Å². The Bertz CT molecular complexity index is 1280. The van der Waals surface area contributed by atoms with Crippen LogP contribution in [0.5, 0.6) is 0 Å². The number of ether oxygens (including phenoxy) is 1. The molecule has 0 aromatic carbocycles. The van der Waals surface area contributed by atoms with Crippen LogP contribution in [0.4, 0.5) is 20.3 Å². The predicted octanol–water partition coefficient (Wildman–Crippen LogP) is 3.13. The molecule has 216 valence electrons. The number of anilines is 2. The van der Waals surface area contributed by atoms with Gasteiger partial charge in [0.1, 0.15) is 17.1 Å². The molecule has 0 aliphatic carbocycles. The maximum Gasteiger partial charge on any atom is 0.280 e. The second kappa shape index (κ2) is 10.4. The third-order valence-corrected chi connectivity index (χ3v) is 8.87. The Balaban J connectivity index is 1.21. The second-order valence-corrected chi connectivity index (χ2v) is 11.7. The van der Waals surface area contributed by atoms with Gasteiger partial charge < -0.3 is 19.4 Å². The smallest absolute Gasteiger partial charge is 0.280 e. The van der Waals surface area contributed by atoms with Gasteiger partial charge in [-0.1, -0.05) is 19.9 Å². The number of halogens is 2. The number of rotatable bonds is 7. The van der Waals surface area contributed by atoms with Gasteiger partial charge in [-0.05, 0) is 31.9 Å². The molecule has 0 bridgehead atoms. The second-order valence-electron chi connectivity index (χ2n) is 11.7. The molecular formula is C29H39F2N7O2. The van der Waals surface area contributed by atoms with Gasteiger partial charge in [0.25, 0.3) is 6.43 Å². The molecule has 1 atom stereocenters. The van der Waals surface area contributed by atoms with Crippen molar-refractivity contribution < 1.29 is 18.3 Å². The summed E-state index contributed by atoms with van der Waals surface area (Å²) in [6.07, 6.45) is 1.96. The summed E-state index contributed by atoms with van der Waals surface area (Å²) in [5, 5.41) is 4.54. The van der Waals surface area contributed by atoms with Crippen LogP contribution in [0.15, 0.2) is 24.9 Å². The van der Waals surface area contributed by atoms with E-state index in [1.54, 1.807) is 0 Å². The third-order valence-electron chi connectivity index (χ3n) is 8.87. The van der Waals surface area contributed by atoms with E-state index in [-0.39, 0.29) is 17.7 Å². The summed E-state index contributed by atoms with van der Waals surface area (Å²) in [4.78, 5) is 25.0. The van der Waals surface area contributed by atoms with Crippen LogP contribution in [-0.4, -0.2) is 95.0 Å². The van der Waals surface area contributed by atoms with Gasteiger partial charge >= 0.3 is 0 Å². The molecule has 1 spiro atoms. The first-order chi connectivity index (χ1) is 19.2. The van der Waals surface area contributed by atoms with Crippen LogP contribution in [0.2, 0.25) is 0 Å². The van der Waals surface area contributed by atoms with Crippen molar-refractivity contribution in [3.8, 4) is 0 Å². The van der Waals surface area contributed by atoms with E-state index in [1.165, 1.54) is 6.08 Å². The Morgan fingerprint density at radius 2 is 1.93 bits per heavy atom. The van der Waals surface area contributed by atoms with E-state index in [1.807, 2.05) is 42.6 Å². The van der Waals surface area contributed by atoms with Crippen LogP contribution in [0.1, 0.15) is 49.2 Å². The number of pyridine rings is 1. The van der Waals surface area contributed by atoms with Crippen LogP contribution in [0, 0.1) is 6.92 Å². The van der Waals surface area contributed by atoms with Crippen molar-refractivity contribution in [3.05, 3.63) is 47.4 Å². The minimum Gasteiger partial charge on any atom is -0.368 e. The lowest BCUT2D eigenvalue weighted by molar-refractivity contribution is -0.139.